The van der Waals surface area contributed by atoms with Gasteiger partial charge in [-0.1, -0.05) is 41.9 Å². The lowest BCUT2D eigenvalue weighted by Gasteiger charge is -2.24. The van der Waals surface area contributed by atoms with Crippen molar-refractivity contribution in [2.45, 2.75) is 6.04 Å². The molecule has 1 fully saturated rings. The fourth-order valence-corrected chi connectivity index (χ4v) is 3.63. The maximum Gasteiger partial charge on any atom is 0.286 e. The molecule has 1 N–H and O–H groups in total. The van der Waals surface area contributed by atoms with Crippen LogP contribution < -0.4 is 10.3 Å². The number of nitrogens with zero attached hydrogens (tertiary/aromatic N) is 5. The Morgan fingerprint density at radius 3 is 2.59 bits per heavy atom. The Morgan fingerprint density at radius 2 is 1.86 bits per heavy atom. The first-order valence-corrected chi connectivity index (χ1v) is 9.58. The van der Waals surface area contributed by atoms with Gasteiger partial charge in [0.1, 0.15) is 0 Å². The number of amides is 1. The van der Waals surface area contributed by atoms with E-state index in [1.165, 1.54) is 0 Å². The second-order valence-electron chi connectivity index (χ2n) is 6.80. The van der Waals surface area contributed by atoms with Crippen molar-refractivity contribution in [2.24, 2.45) is 5.10 Å². The molecule has 3 heterocycles. The highest BCUT2D eigenvalue weighted by Crippen LogP contribution is 2.26. The number of carbonyl (C=O) groups is 1. The third-order valence-electron chi connectivity index (χ3n) is 4.95. The lowest BCUT2D eigenvalue weighted by Crippen LogP contribution is -2.44. The lowest BCUT2D eigenvalue weighted by molar-refractivity contribution is -0.127. The van der Waals surface area contributed by atoms with E-state index in [4.69, 9.17) is 21.2 Å². The number of hydrazone groups is 1. The number of halogens is 1. The minimum Gasteiger partial charge on any atom is -0.332 e. The predicted molar refractivity (Wildman–Crippen MR) is 109 cm³/mol. The third kappa shape index (κ3) is 3.37. The minimum atomic E-state index is -0.225. The van der Waals surface area contributed by atoms with Crippen LogP contribution in [0.15, 0.2) is 64.2 Å². The third-order valence-corrected chi connectivity index (χ3v) is 5.20. The van der Waals surface area contributed by atoms with E-state index in [0.29, 0.717) is 36.6 Å². The number of nitrogens with one attached hydrogen (secondary N) is 1. The van der Waals surface area contributed by atoms with Gasteiger partial charge in [-0.25, -0.2) is 5.01 Å². The molecule has 0 bridgehead atoms. The van der Waals surface area contributed by atoms with Gasteiger partial charge in [-0.3, -0.25) is 10.1 Å². The van der Waals surface area contributed by atoms with Crippen molar-refractivity contribution >= 4 is 29.2 Å². The van der Waals surface area contributed by atoms with Crippen LogP contribution >= 0.6 is 11.6 Å². The molecule has 1 amide bonds. The highest BCUT2D eigenvalue weighted by molar-refractivity contribution is 6.30. The molecule has 1 unspecified atom stereocenters. The fraction of sp³-hybridized carbons (Fsp3) is 0.200. The van der Waals surface area contributed by atoms with Crippen LogP contribution in [0.2, 0.25) is 5.02 Å². The number of aromatic nitrogens is 2. The van der Waals surface area contributed by atoms with E-state index in [9.17, 15) is 4.79 Å². The van der Waals surface area contributed by atoms with Gasteiger partial charge in [-0.05, 0) is 29.4 Å². The van der Waals surface area contributed by atoms with Crippen LogP contribution in [0.25, 0.3) is 11.5 Å². The fourth-order valence-electron chi connectivity index (χ4n) is 3.51. The van der Waals surface area contributed by atoms with Gasteiger partial charge < -0.3 is 9.42 Å². The monoisotopic (exact) mass is 408 g/mol. The summed E-state index contributed by atoms with van der Waals surface area (Å²) in [5.74, 6) is 0.820. The molecular weight excluding hydrogens is 392 g/mol. The molecule has 1 atom stereocenters. The molecule has 5 rings (SSSR count). The number of benzene rings is 2. The second kappa shape index (κ2) is 7.31. The van der Waals surface area contributed by atoms with Gasteiger partial charge in [-0.2, -0.15) is 10.1 Å². The van der Waals surface area contributed by atoms with E-state index in [1.807, 2.05) is 54.6 Å². The molecule has 0 spiro atoms. The number of hydrogen-bond donors (Lipinski definition) is 1. The summed E-state index contributed by atoms with van der Waals surface area (Å²) >= 11 is 6.03. The van der Waals surface area contributed by atoms with Crippen LogP contribution in [0.5, 0.6) is 0 Å². The van der Waals surface area contributed by atoms with E-state index in [2.05, 4.69) is 15.5 Å². The second-order valence-corrected chi connectivity index (χ2v) is 7.24. The zero-order chi connectivity index (χ0) is 19.8. The Kier molecular flexibility index (Phi) is 4.49. The lowest BCUT2D eigenvalue weighted by atomic mass is 10.0. The van der Waals surface area contributed by atoms with E-state index < -0.39 is 0 Å². The molecular formula is C20H17ClN6O2. The van der Waals surface area contributed by atoms with Crippen molar-refractivity contribution in [3.05, 3.63) is 65.2 Å². The minimum absolute atomic E-state index is 0.0385. The van der Waals surface area contributed by atoms with Gasteiger partial charge in [0.25, 0.3) is 11.8 Å². The predicted octanol–water partition coefficient (Wildman–Crippen LogP) is 2.37. The standard InChI is InChI=1S/C20H17ClN6O2/c21-15-8-6-13(7-9-15)18-16(26-12-22-10-17(26)28)11-27(24-18)20-23-19(29-25-20)14-4-2-1-3-5-14/h1-9,16,22H,10-12H2. The summed E-state index contributed by atoms with van der Waals surface area (Å²) in [7, 11) is 0. The highest BCUT2D eigenvalue weighted by atomic mass is 35.5. The van der Waals surface area contributed by atoms with Gasteiger partial charge in [0.2, 0.25) is 5.91 Å². The van der Waals surface area contributed by atoms with Gasteiger partial charge >= 0.3 is 0 Å². The van der Waals surface area contributed by atoms with Crippen molar-refractivity contribution in [3.8, 4) is 11.5 Å². The smallest absolute Gasteiger partial charge is 0.286 e. The number of anilines is 1. The van der Waals surface area contributed by atoms with Crippen molar-refractivity contribution in [2.75, 3.05) is 24.8 Å². The van der Waals surface area contributed by atoms with E-state index in [0.717, 1.165) is 16.8 Å². The van der Waals surface area contributed by atoms with Crippen LogP contribution in [-0.2, 0) is 4.79 Å². The summed E-state index contributed by atoms with van der Waals surface area (Å²) in [5.41, 5.74) is 2.50. The number of rotatable bonds is 4. The summed E-state index contributed by atoms with van der Waals surface area (Å²) in [4.78, 5) is 18.6. The van der Waals surface area contributed by atoms with E-state index in [-0.39, 0.29) is 11.9 Å². The first-order valence-electron chi connectivity index (χ1n) is 9.20. The Morgan fingerprint density at radius 1 is 1.07 bits per heavy atom. The van der Waals surface area contributed by atoms with Gasteiger partial charge in [0, 0.05) is 16.1 Å². The largest absolute Gasteiger partial charge is 0.332 e. The molecule has 2 aromatic carbocycles. The topological polar surface area (TPSA) is 86.9 Å². The number of hydrogen-bond acceptors (Lipinski definition) is 7. The number of carbonyl (C=O) groups excluding carboxylic acids is 1. The SMILES string of the molecule is O=C1CNCN1C1CN(c2noc(-c3ccccc3)n2)N=C1c1ccc(Cl)cc1. The van der Waals surface area contributed by atoms with Crippen molar-refractivity contribution in [3.63, 3.8) is 0 Å². The molecule has 0 saturated carbocycles. The first-order chi connectivity index (χ1) is 14.2. The average Bonchev–Trinajstić information content (AvgIpc) is 3.48. The maximum absolute atomic E-state index is 12.3. The highest BCUT2D eigenvalue weighted by Gasteiger charge is 2.38. The molecule has 0 radical (unpaired) electrons. The van der Waals surface area contributed by atoms with Crippen LogP contribution in [0, 0.1) is 0 Å². The Bertz CT molecular complexity index is 1070. The van der Waals surface area contributed by atoms with Crippen LogP contribution in [0.4, 0.5) is 5.95 Å². The summed E-state index contributed by atoms with van der Waals surface area (Å²) in [5, 5.41) is 14.2. The van der Waals surface area contributed by atoms with Gasteiger partial charge in [0.05, 0.1) is 31.5 Å². The normalized spacial score (nSPS) is 19.1. The summed E-state index contributed by atoms with van der Waals surface area (Å²) in [6.45, 7) is 1.25. The summed E-state index contributed by atoms with van der Waals surface area (Å²) in [6.07, 6.45) is 0. The van der Waals surface area contributed by atoms with E-state index >= 15 is 0 Å². The Balaban J connectivity index is 1.49. The van der Waals surface area contributed by atoms with Crippen LogP contribution in [0.3, 0.4) is 0 Å². The molecule has 1 aromatic heterocycles. The van der Waals surface area contributed by atoms with Gasteiger partial charge in [-0.15, -0.1) is 0 Å². The zero-order valence-electron chi connectivity index (χ0n) is 15.3. The van der Waals surface area contributed by atoms with Crippen molar-refractivity contribution < 1.29 is 9.32 Å². The summed E-state index contributed by atoms with van der Waals surface area (Å²) < 4.78 is 5.42. The van der Waals surface area contributed by atoms with Crippen molar-refractivity contribution in [1.29, 1.82) is 0 Å². The molecule has 0 aliphatic carbocycles. The molecule has 2 aliphatic heterocycles. The quantitative estimate of drug-likeness (QED) is 0.713. The molecule has 146 valence electrons. The van der Waals surface area contributed by atoms with Crippen LogP contribution in [-0.4, -0.2) is 52.5 Å². The molecule has 29 heavy (non-hydrogen) atoms. The van der Waals surface area contributed by atoms with Gasteiger partial charge in [0.15, 0.2) is 0 Å². The zero-order valence-corrected chi connectivity index (χ0v) is 16.1. The average molecular weight is 409 g/mol. The molecule has 3 aromatic rings. The summed E-state index contributed by atoms with van der Waals surface area (Å²) in [6, 6.07) is 16.8. The first kappa shape index (κ1) is 17.8. The van der Waals surface area contributed by atoms with Crippen LogP contribution in [0.1, 0.15) is 5.56 Å². The Labute approximate surface area is 171 Å². The van der Waals surface area contributed by atoms with Crippen molar-refractivity contribution in [1.82, 2.24) is 20.4 Å². The molecule has 8 nitrogen and oxygen atoms in total. The Hall–Kier alpha value is -3.23. The molecule has 2 aliphatic rings. The molecule has 1 saturated heterocycles. The molecule has 9 heteroatoms. The van der Waals surface area contributed by atoms with E-state index in [1.54, 1.807) is 9.91 Å². The maximum atomic E-state index is 12.3.